The van der Waals surface area contributed by atoms with Crippen LogP contribution in [-0.4, -0.2) is 43.0 Å². The Morgan fingerprint density at radius 2 is 1.91 bits per heavy atom. The Bertz CT molecular complexity index is 566. The number of Topliss-reactive ketones (excluding diaryl/α,β-unsaturated/α-hetero) is 1. The minimum absolute atomic E-state index is 0.0950. The van der Waals surface area contributed by atoms with E-state index in [2.05, 4.69) is 4.90 Å². The van der Waals surface area contributed by atoms with Gasteiger partial charge in [0.2, 0.25) is 0 Å². The zero-order chi connectivity index (χ0) is 15.7. The van der Waals surface area contributed by atoms with Crippen molar-refractivity contribution in [3.63, 3.8) is 0 Å². The van der Waals surface area contributed by atoms with Crippen LogP contribution in [0.5, 0.6) is 0 Å². The third kappa shape index (κ3) is 2.80. The van der Waals surface area contributed by atoms with Crippen LogP contribution in [0.25, 0.3) is 0 Å². The fourth-order valence-electron chi connectivity index (χ4n) is 3.91. The van der Waals surface area contributed by atoms with Gasteiger partial charge in [0.05, 0.1) is 29.3 Å². The molecule has 5 heteroatoms. The van der Waals surface area contributed by atoms with E-state index in [0.29, 0.717) is 23.3 Å². The highest BCUT2D eigenvalue weighted by Gasteiger charge is 2.50. The van der Waals surface area contributed by atoms with Crippen LogP contribution in [0, 0.1) is 0 Å². The summed E-state index contributed by atoms with van der Waals surface area (Å²) in [6.45, 7) is 4.72. The quantitative estimate of drug-likeness (QED) is 0.836. The second kappa shape index (κ2) is 6.48. The van der Waals surface area contributed by atoms with E-state index >= 15 is 0 Å². The van der Waals surface area contributed by atoms with E-state index in [1.54, 1.807) is 6.92 Å². The van der Waals surface area contributed by atoms with Gasteiger partial charge in [-0.25, -0.2) is 0 Å². The van der Waals surface area contributed by atoms with Gasteiger partial charge in [-0.05, 0) is 37.5 Å². The third-order valence-electron chi connectivity index (χ3n) is 5.06. The predicted molar refractivity (Wildman–Crippen MR) is 88.9 cm³/mol. The zero-order valence-electron chi connectivity index (χ0n) is 12.8. The van der Waals surface area contributed by atoms with Crippen LogP contribution in [0.3, 0.4) is 0 Å². The Kier molecular flexibility index (Phi) is 4.79. The molecule has 1 saturated heterocycles. The minimum atomic E-state index is -0.128. The van der Waals surface area contributed by atoms with E-state index in [9.17, 15) is 4.79 Å². The number of ketones is 1. The van der Waals surface area contributed by atoms with Crippen molar-refractivity contribution in [2.24, 2.45) is 0 Å². The molecule has 0 amide bonds. The molecule has 1 aromatic carbocycles. The SMILES string of the molecule is CC(=O)C(N1CCOCC1)C1(c2ccc(Cl)c(Cl)c2)CCC1. The number of rotatable bonds is 4. The van der Waals surface area contributed by atoms with Crippen molar-refractivity contribution >= 4 is 29.0 Å². The maximum Gasteiger partial charge on any atom is 0.147 e. The number of morpholine rings is 1. The molecule has 1 heterocycles. The Labute approximate surface area is 141 Å². The number of carbonyl (C=O) groups is 1. The van der Waals surface area contributed by atoms with Crippen molar-refractivity contribution in [2.75, 3.05) is 26.3 Å². The highest BCUT2D eigenvalue weighted by molar-refractivity contribution is 6.42. The Balaban J connectivity index is 1.98. The average molecular weight is 342 g/mol. The lowest BCUT2D eigenvalue weighted by Crippen LogP contribution is -2.60. The van der Waals surface area contributed by atoms with E-state index in [4.69, 9.17) is 27.9 Å². The fourth-order valence-corrected chi connectivity index (χ4v) is 4.21. The van der Waals surface area contributed by atoms with E-state index in [-0.39, 0.29) is 17.2 Å². The molecule has 120 valence electrons. The van der Waals surface area contributed by atoms with Gasteiger partial charge in [-0.3, -0.25) is 9.69 Å². The monoisotopic (exact) mass is 341 g/mol. The number of hydrogen-bond donors (Lipinski definition) is 0. The summed E-state index contributed by atoms with van der Waals surface area (Å²) >= 11 is 12.3. The Morgan fingerprint density at radius 1 is 1.23 bits per heavy atom. The Morgan fingerprint density at radius 3 is 2.41 bits per heavy atom. The molecule has 0 aromatic heterocycles. The van der Waals surface area contributed by atoms with Gasteiger partial charge >= 0.3 is 0 Å². The molecule has 3 nitrogen and oxygen atoms in total. The minimum Gasteiger partial charge on any atom is -0.379 e. The van der Waals surface area contributed by atoms with Gasteiger partial charge in [0.1, 0.15) is 5.78 Å². The van der Waals surface area contributed by atoms with Crippen LogP contribution in [0.4, 0.5) is 0 Å². The first kappa shape index (κ1) is 16.3. The molecule has 2 aliphatic rings. The number of carbonyl (C=O) groups excluding carboxylic acids is 1. The van der Waals surface area contributed by atoms with Crippen molar-refractivity contribution in [3.8, 4) is 0 Å². The Hall–Kier alpha value is -0.610. The second-order valence-corrected chi connectivity index (χ2v) is 7.11. The number of hydrogen-bond acceptors (Lipinski definition) is 3. The van der Waals surface area contributed by atoms with Crippen molar-refractivity contribution < 1.29 is 9.53 Å². The van der Waals surface area contributed by atoms with Crippen LogP contribution in [0.1, 0.15) is 31.7 Å². The van der Waals surface area contributed by atoms with Gasteiger partial charge in [-0.2, -0.15) is 0 Å². The van der Waals surface area contributed by atoms with Crippen molar-refractivity contribution in [3.05, 3.63) is 33.8 Å². The van der Waals surface area contributed by atoms with E-state index in [1.807, 2.05) is 18.2 Å². The summed E-state index contributed by atoms with van der Waals surface area (Å²) in [5.74, 6) is 0.229. The largest absolute Gasteiger partial charge is 0.379 e. The van der Waals surface area contributed by atoms with Gasteiger partial charge < -0.3 is 4.74 Å². The molecule has 0 N–H and O–H groups in total. The van der Waals surface area contributed by atoms with Crippen LogP contribution in [0.2, 0.25) is 10.0 Å². The summed E-state index contributed by atoms with van der Waals surface area (Å²) in [5.41, 5.74) is 1.01. The molecule has 1 unspecified atom stereocenters. The molecule has 1 aromatic rings. The third-order valence-corrected chi connectivity index (χ3v) is 5.80. The molecule has 1 saturated carbocycles. The summed E-state index contributed by atoms with van der Waals surface area (Å²) in [7, 11) is 0. The van der Waals surface area contributed by atoms with Crippen LogP contribution in [0.15, 0.2) is 18.2 Å². The van der Waals surface area contributed by atoms with Gasteiger partial charge in [0.15, 0.2) is 0 Å². The maximum absolute atomic E-state index is 12.5. The van der Waals surface area contributed by atoms with Gasteiger partial charge in [0.25, 0.3) is 0 Å². The predicted octanol–water partition coefficient (Wildman–Crippen LogP) is 3.70. The number of benzene rings is 1. The first-order valence-corrected chi connectivity index (χ1v) is 8.58. The maximum atomic E-state index is 12.5. The van der Waals surface area contributed by atoms with Gasteiger partial charge in [-0.15, -0.1) is 0 Å². The number of halogens is 2. The van der Waals surface area contributed by atoms with Crippen molar-refractivity contribution in [2.45, 2.75) is 37.6 Å². The molecule has 2 fully saturated rings. The number of nitrogens with zero attached hydrogens (tertiary/aromatic N) is 1. The van der Waals surface area contributed by atoms with Crippen molar-refractivity contribution in [1.82, 2.24) is 4.90 Å². The summed E-state index contributed by atoms with van der Waals surface area (Å²) in [5, 5.41) is 1.13. The van der Waals surface area contributed by atoms with Crippen LogP contribution in [-0.2, 0) is 14.9 Å². The normalized spacial score (nSPS) is 22.9. The molecule has 0 spiro atoms. The smallest absolute Gasteiger partial charge is 0.147 e. The summed E-state index contributed by atoms with van der Waals surface area (Å²) in [6.07, 6.45) is 3.19. The summed E-state index contributed by atoms with van der Waals surface area (Å²) in [6, 6.07) is 5.72. The first-order chi connectivity index (χ1) is 10.5. The molecule has 22 heavy (non-hydrogen) atoms. The first-order valence-electron chi connectivity index (χ1n) is 7.82. The lowest BCUT2D eigenvalue weighted by atomic mass is 9.59. The van der Waals surface area contributed by atoms with Gasteiger partial charge in [-0.1, -0.05) is 35.7 Å². The highest BCUT2D eigenvalue weighted by atomic mass is 35.5. The molecule has 3 rings (SSSR count). The van der Waals surface area contributed by atoms with E-state index in [1.165, 1.54) is 0 Å². The molecule has 1 aliphatic heterocycles. The second-order valence-electron chi connectivity index (χ2n) is 6.30. The van der Waals surface area contributed by atoms with Crippen molar-refractivity contribution in [1.29, 1.82) is 0 Å². The number of ether oxygens (including phenoxy) is 1. The van der Waals surface area contributed by atoms with E-state index in [0.717, 1.165) is 37.9 Å². The summed E-state index contributed by atoms with van der Waals surface area (Å²) < 4.78 is 5.44. The highest BCUT2D eigenvalue weighted by Crippen LogP contribution is 2.49. The molecule has 1 atom stereocenters. The lowest BCUT2D eigenvalue weighted by Gasteiger charge is -2.52. The molecular weight excluding hydrogens is 321 g/mol. The zero-order valence-corrected chi connectivity index (χ0v) is 14.3. The summed E-state index contributed by atoms with van der Waals surface area (Å²) in [4.78, 5) is 14.8. The van der Waals surface area contributed by atoms with Crippen LogP contribution >= 0.6 is 23.2 Å². The molecule has 0 bridgehead atoms. The van der Waals surface area contributed by atoms with Gasteiger partial charge in [0, 0.05) is 18.5 Å². The molecule has 1 aliphatic carbocycles. The van der Waals surface area contributed by atoms with Crippen LogP contribution < -0.4 is 0 Å². The average Bonchev–Trinajstić information content (AvgIpc) is 2.46. The fraction of sp³-hybridized carbons (Fsp3) is 0.588. The topological polar surface area (TPSA) is 29.5 Å². The standard InChI is InChI=1S/C17H21Cl2NO2/c1-12(21)16(20-7-9-22-10-8-20)17(5-2-6-17)13-3-4-14(18)15(19)11-13/h3-4,11,16H,2,5-10H2,1H3. The molecular formula is C17H21Cl2NO2. The molecule has 0 radical (unpaired) electrons. The lowest BCUT2D eigenvalue weighted by molar-refractivity contribution is -0.129. The van der Waals surface area contributed by atoms with E-state index < -0.39 is 0 Å².